The van der Waals surface area contributed by atoms with Crippen molar-refractivity contribution in [3.63, 3.8) is 0 Å². The van der Waals surface area contributed by atoms with Crippen LogP contribution in [0.1, 0.15) is 19.8 Å². The molecule has 0 aliphatic carbocycles. The van der Waals surface area contributed by atoms with Crippen molar-refractivity contribution in [1.82, 2.24) is 9.29 Å². The first-order valence-corrected chi connectivity index (χ1v) is 8.75. The van der Waals surface area contributed by atoms with Gasteiger partial charge in [0.15, 0.2) is 0 Å². The van der Waals surface area contributed by atoms with E-state index in [9.17, 15) is 8.42 Å². The van der Waals surface area contributed by atoms with Crippen LogP contribution in [0.4, 0.5) is 5.82 Å². The molecule has 5 nitrogen and oxygen atoms in total. The molecule has 0 radical (unpaired) electrons. The summed E-state index contributed by atoms with van der Waals surface area (Å²) in [4.78, 5) is 6.46. The fourth-order valence-electron chi connectivity index (χ4n) is 2.44. The Hall–Kier alpha value is -0.850. The zero-order valence-electron chi connectivity index (χ0n) is 11.8. The van der Waals surface area contributed by atoms with Crippen LogP contribution in [0.2, 0.25) is 5.02 Å². The molecular formula is C13H20ClN3O2S. The summed E-state index contributed by atoms with van der Waals surface area (Å²) in [5, 5.41) is 0.623. The van der Waals surface area contributed by atoms with Gasteiger partial charge in [0.25, 0.3) is 0 Å². The van der Waals surface area contributed by atoms with Crippen molar-refractivity contribution >= 4 is 27.4 Å². The van der Waals surface area contributed by atoms with Gasteiger partial charge in [-0.1, -0.05) is 11.6 Å². The van der Waals surface area contributed by atoms with E-state index in [0.29, 0.717) is 5.02 Å². The monoisotopic (exact) mass is 317 g/mol. The van der Waals surface area contributed by atoms with Crippen LogP contribution in [-0.4, -0.2) is 49.6 Å². The smallest absolute Gasteiger partial charge is 0.213 e. The van der Waals surface area contributed by atoms with E-state index in [2.05, 4.69) is 9.88 Å². The second-order valence-electron chi connectivity index (χ2n) is 4.97. The van der Waals surface area contributed by atoms with Crippen LogP contribution in [0, 0.1) is 0 Å². The van der Waals surface area contributed by atoms with Crippen molar-refractivity contribution in [2.75, 3.05) is 30.8 Å². The Morgan fingerprint density at radius 1 is 1.40 bits per heavy atom. The number of anilines is 1. The normalized spacial score (nSPS) is 17.7. The van der Waals surface area contributed by atoms with Crippen molar-refractivity contribution in [3.05, 3.63) is 23.4 Å². The molecule has 1 saturated heterocycles. The van der Waals surface area contributed by atoms with E-state index >= 15 is 0 Å². The topological polar surface area (TPSA) is 53.5 Å². The average Bonchev–Trinajstić information content (AvgIpc) is 2.47. The van der Waals surface area contributed by atoms with Gasteiger partial charge in [0.1, 0.15) is 5.82 Å². The molecule has 0 amide bonds. The molecule has 0 spiro atoms. The van der Waals surface area contributed by atoms with Crippen molar-refractivity contribution in [2.24, 2.45) is 0 Å². The first-order valence-electron chi connectivity index (χ1n) is 6.76. The minimum absolute atomic E-state index is 0.0866. The SMILES string of the molecule is CCS(=O)(=O)N(C)C1CCN(c2ccc(Cl)cn2)CC1. The molecule has 7 heteroatoms. The van der Waals surface area contributed by atoms with Gasteiger partial charge in [0.2, 0.25) is 10.0 Å². The molecular weight excluding hydrogens is 298 g/mol. The number of piperidine rings is 1. The molecule has 1 aliphatic rings. The second kappa shape index (κ2) is 6.28. The van der Waals surface area contributed by atoms with E-state index in [1.165, 1.54) is 4.31 Å². The van der Waals surface area contributed by atoms with Gasteiger partial charge >= 0.3 is 0 Å². The van der Waals surface area contributed by atoms with Gasteiger partial charge in [0.05, 0.1) is 10.8 Å². The fourth-order valence-corrected chi connectivity index (χ4v) is 3.63. The summed E-state index contributed by atoms with van der Waals surface area (Å²) in [6, 6.07) is 3.81. The van der Waals surface area contributed by atoms with Crippen LogP contribution in [-0.2, 0) is 10.0 Å². The Kier molecular flexibility index (Phi) is 4.88. The zero-order chi connectivity index (χ0) is 14.8. The molecule has 0 aromatic carbocycles. The summed E-state index contributed by atoms with van der Waals surface area (Å²) in [5.74, 6) is 1.05. The lowest BCUT2D eigenvalue weighted by atomic mass is 10.1. The van der Waals surface area contributed by atoms with Gasteiger partial charge in [-0.3, -0.25) is 0 Å². The minimum Gasteiger partial charge on any atom is -0.357 e. The first-order chi connectivity index (χ1) is 9.44. The number of halogens is 1. The molecule has 1 aliphatic heterocycles. The highest BCUT2D eigenvalue weighted by Gasteiger charge is 2.28. The quantitative estimate of drug-likeness (QED) is 0.852. The van der Waals surface area contributed by atoms with Crippen molar-refractivity contribution in [1.29, 1.82) is 0 Å². The third-order valence-electron chi connectivity index (χ3n) is 3.82. The van der Waals surface area contributed by atoms with Crippen LogP contribution in [0.15, 0.2) is 18.3 Å². The van der Waals surface area contributed by atoms with Gasteiger partial charge < -0.3 is 4.90 Å². The van der Waals surface area contributed by atoms with Crippen LogP contribution in [0.5, 0.6) is 0 Å². The third kappa shape index (κ3) is 3.42. The fraction of sp³-hybridized carbons (Fsp3) is 0.615. The lowest BCUT2D eigenvalue weighted by Crippen LogP contribution is -2.46. The number of aromatic nitrogens is 1. The Balaban J connectivity index is 1.97. The largest absolute Gasteiger partial charge is 0.357 e. The molecule has 0 N–H and O–H groups in total. The van der Waals surface area contributed by atoms with Gasteiger partial charge in [-0.2, -0.15) is 0 Å². The van der Waals surface area contributed by atoms with Gasteiger partial charge in [-0.15, -0.1) is 0 Å². The molecule has 1 aromatic rings. The number of hydrogen-bond acceptors (Lipinski definition) is 4. The Labute approximate surface area is 125 Å². The summed E-state index contributed by atoms with van der Waals surface area (Å²) < 4.78 is 25.3. The molecule has 0 atom stereocenters. The first kappa shape index (κ1) is 15.5. The van der Waals surface area contributed by atoms with Crippen LogP contribution in [0.3, 0.4) is 0 Å². The summed E-state index contributed by atoms with van der Waals surface area (Å²) in [5.41, 5.74) is 0. The molecule has 0 bridgehead atoms. The zero-order valence-corrected chi connectivity index (χ0v) is 13.4. The molecule has 1 fully saturated rings. The molecule has 20 heavy (non-hydrogen) atoms. The predicted molar refractivity (Wildman–Crippen MR) is 81.7 cm³/mol. The van der Waals surface area contributed by atoms with E-state index in [1.54, 1.807) is 20.2 Å². The Morgan fingerprint density at radius 2 is 2.05 bits per heavy atom. The maximum absolute atomic E-state index is 11.9. The Bertz CT molecular complexity index is 539. The Morgan fingerprint density at radius 3 is 2.55 bits per heavy atom. The lowest BCUT2D eigenvalue weighted by molar-refractivity contribution is 0.312. The van der Waals surface area contributed by atoms with Crippen molar-refractivity contribution in [2.45, 2.75) is 25.8 Å². The minimum atomic E-state index is -3.10. The third-order valence-corrected chi connectivity index (χ3v) is 5.95. The number of sulfonamides is 1. The van der Waals surface area contributed by atoms with E-state index < -0.39 is 10.0 Å². The summed E-state index contributed by atoms with van der Waals surface area (Å²) >= 11 is 5.83. The van der Waals surface area contributed by atoms with Gasteiger partial charge in [0, 0.05) is 32.4 Å². The van der Waals surface area contributed by atoms with Gasteiger partial charge in [-0.25, -0.2) is 17.7 Å². The molecule has 1 aromatic heterocycles. The average molecular weight is 318 g/mol. The van der Waals surface area contributed by atoms with E-state index in [1.807, 2.05) is 12.1 Å². The maximum atomic E-state index is 11.9. The van der Waals surface area contributed by atoms with Crippen LogP contribution < -0.4 is 4.90 Å². The van der Waals surface area contributed by atoms with Crippen LogP contribution >= 0.6 is 11.6 Å². The maximum Gasteiger partial charge on any atom is 0.213 e. The second-order valence-corrected chi connectivity index (χ2v) is 7.72. The number of hydrogen-bond donors (Lipinski definition) is 0. The highest BCUT2D eigenvalue weighted by molar-refractivity contribution is 7.89. The predicted octanol–water partition coefficient (Wildman–Crippen LogP) is 1.99. The van der Waals surface area contributed by atoms with Crippen molar-refractivity contribution < 1.29 is 8.42 Å². The number of pyridine rings is 1. The number of rotatable bonds is 4. The molecule has 0 unspecified atom stereocenters. The lowest BCUT2D eigenvalue weighted by Gasteiger charge is -2.36. The molecule has 112 valence electrons. The molecule has 2 rings (SSSR count). The van der Waals surface area contributed by atoms with Crippen LogP contribution in [0.25, 0.3) is 0 Å². The number of nitrogens with zero attached hydrogens (tertiary/aromatic N) is 3. The highest BCUT2D eigenvalue weighted by Crippen LogP contribution is 2.22. The molecule has 0 saturated carbocycles. The summed E-state index contributed by atoms with van der Waals surface area (Å²) in [6.45, 7) is 3.30. The standard InChI is InChI=1S/C13H20ClN3O2S/c1-3-20(18,19)16(2)12-6-8-17(9-7-12)13-5-4-11(14)10-15-13/h4-5,10,12H,3,6-9H2,1-2H3. The van der Waals surface area contributed by atoms with E-state index in [4.69, 9.17) is 11.6 Å². The van der Waals surface area contributed by atoms with Crippen molar-refractivity contribution in [3.8, 4) is 0 Å². The highest BCUT2D eigenvalue weighted by atomic mass is 35.5. The summed E-state index contributed by atoms with van der Waals surface area (Å²) in [7, 11) is -1.42. The summed E-state index contributed by atoms with van der Waals surface area (Å²) in [6.07, 6.45) is 3.27. The van der Waals surface area contributed by atoms with E-state index in [0.717, 1.165) is 31.7 Å². The van der Waals surface area contributed by atoms with Gasteiger partial charge in [-0.05, 0) is 31.9 Å². The van der Waals surface area contributed by atoms with E-state index in [-0.39, 0.29) is 11.8 Å². The molecule has 2 heterocycles.